The number of hydrogen-bond acceptors (Lipinski definition) is 2. The normalized spacial score (nSPS) is 11.3. The number of halogens is 1. The van der Waals surface area contributed by atoms with Crippen LogP contribution in [-0.4, -0.2) is 30.2 Å². The van der Waals surface area contributed by atoms with E-state index in [9.17, 15) is 4.79 Å². The van der Waals surface area contributed by atoms with Crippen molar-refractivity contribution < 1.29 is 0 Å². The fourth-order valence-corrected chi connectivity index (χ4v) is 2.13. The molecule has 0 bridgehead atoms. The predicted octanol–water partition coefficient (Wildman–Crippen LogP) is 2.77. The van der Waals surface area contributed by atoms with Gasteiger partial charge in [0.15, 0.2) is 5.96 Å². The third-order valence-electron chi connectivity index (χ3n) is 3.33. The van der Waals surface area contributed by atoms with E-state index in [1.807, 2.05) is 23.6 Å². The second-order valence-corrected chi connectivity index (χ2v) is 5.90. The van der Waals surface area contributed by atoms with Gasteiger partial charge in [-0.1, -0.05) is 19.9 Å². The van der Waals surface area contributed by atoms with E-state index < -0.39 is 0 Å². The fourth-order valence-electron chi connectivity index (χ4n) is 2.13. The van der Waals surface area contributed by atoms with E-state index in [0.717, 1.165) is 50.7 Å². The lowest BCUT2D eigenvalue weighted by atomic mass is 10.2. The maximum absolute atomic E-state index is 11.8. The van der Waals surface area contributed by atoms with Gasteiger partial charge < -0.3 is 15.2 Å². The molecule has 0 amide bonds. The van der Waals surface area contributed by atoms with Crippen LogP contribution in [-0.2, 0) is 6.54 Å². The first-order valence-corrected chi connectivity index (χ1v) is 8.23. The standard InChI is InChI=1S/C17H30N4O.HI/c1-5-18-17(20-13-14(2)3)19-11-6-7-12-21-15(4)9-8-10-16(21)22;/h8-10,14H,5-7,11-13H2,1-4H3,(H2,18,19,20);1H. The molecule has 5 nitrogen and oxygen atoms in total. The molecule has 0 radical (unpaired) electrons. The number of aliphatic imine (C=N–C) groups is 1. The molecule has 0 aliphatic rings. The van der Waals surface area contributed by atoms with Gasteiger partial charge in [0.1, 0.15) is 0 Å². The smallest absolute Gasteiger partial charge is 0.250 e. The van der Waals surface area contributed by atoms with Crippen LogP contribution in [0.2, 0.25) is 0 Å². The van der Waals surface area contributed by atoms with Crippen LogP contribution in [0.4, 0.5) is 0 Å². The zero-order chi connectivity index (χ0) is 16.4. The first kappa shape index (κ1) is 21.9. The first-order chi connectivity index (χ1) is 10.5. The van der Waals surface area contributed by atoms with E-state index in [1.165, 1.54) is 0 Å². The number of aromatic nitrogens is 1. The molecule has 0 spiro atoms. The number of nitrogens with zero attached hydrogens (tertiary/aromatic N) is 2. The van der Waals surface area contributed by atoms with Crippen LogP contribution in [0.3, 0.4) is 0 Å². The number of unbranched alkanes of at least 4 members (excludes halogenated alkanes) is 1. The highest BCUT2D eigenvalue weighted by atomic mass is 127. The maximum Gasteiger partial charge on any atom is 0.250 e. The van der Waals surface area contributed by atoms with Gasteiger partial charge in [-0.3, -0.25) is 9.79 Å². The quantitative estimate of drug-likeness (QED) is 0.286. The molecular weight excluding hydrogens is 403 g/mol. The maximum atomic E-state index is 11.8. The molecule has 23 heavy (non-hydrogen) atoms. The molecule has 2 N–H and O–H groups in total. The first-order valence-electron chi connectivity index (χ1n) is 8.23. The van der Waals surface area contributed by atoms with Gasteiger partial charge in [-0.2, -0.15) is 0 Å². The van der Waals surface area contributed by atoms with Gasteiger partial charge in [-0.05, 0) is 38.7 Å². The van der Waals surface area contributed by atoms with Crippen molar-refractivity contribution in [2.24, 2.45) is 10.9 Å². The van der Waals surface area contributed by atoms with Crippen molar-refractivity contribution in [2.45, 2.75) is 47.1 Å². The lowest BCUT2D eigenvalue weighted by Crippen LogP contribution is -2.38. The molecule has 0 aromatic carbocycles. The van der Waals surface area contributed by atoms with Crippen LogP contribution in [0.1, 0.15) is 39.3 Å². The Hall–Kier alpha value is -1.05. The number of aryl methyl sites for hydroxylation is 1. The van der Waals surface area contributed by atoms with Gasteiger partial charge in [0.2, 0.25) is 0 Å². The summed E-state index contributed by atoms with van der Waals surface area (Å²) in [6.07, 6.45) is 1.98. The van der Waals surface area contributed by atoms with Gasteiger partial charge >= 0.3 is 0 Å². The Morgan fingerprint density at radius 3 is 2.61 bits per heavy atom. The van der Waals surface area contributed by atoms with Crippen LogP contribution < -0.4 is 16.2 Å². The molecule has 0 fully saturated rings. The minimum atomic E-state index is 0. The average Bonchev–Trinajstić information content (AvgIpc) is 2.46. The minimum absolute atomic E-state index is 0. The molecule has 6 heteroatoms. The van der Waals surface area contributed by atoms with E-state index in [1.54, 1.807) is 6.07 Å². The largest absolute Gasteiger partial charge is 0.357 e. The zero-order valence-corrected chi connectivity index (χ0v) is 17.1. The molecule has 0 aliphatic carbocycles. The van der Waals surface area contributed by atoms with Crippen LogP contribution in [0.15, 0.2) is 28.0 Å². The van der Waals surface area contributed by atoms with Gasteiger partial charge in [0, 0.05) is 37.9 Å². The van der Waals surface area contributed by atoms with Crippen molar-refractivity contribution in [1.29, 1.82) is 0 Å². The summed E-state index contributed by atoms with van der Waals surface area (Å²) in [5, 5.41) is 6.59. The fraction of sp³-hybridized carbons (Fsp3) is 0.647. The highest BCUT2D eigenvalue weighted by Crippen LogP contribution is 1.98. The number of hydrogen-bond donors (Lipinski definition) is 2. The minimum Gasteiger partial charge on any atom is -0.357 e. The molecule has 0 unspecified atom stereocenters. The topological polar surface area (TPSA) is 58.4 Å². The molecule has 132 valence electrons. The second kappa shape index (κ2) is 12.4. The summed E-state index contributed by atoms with van der Waals surface area (Å²) in [6, 6.07) is 5.40. The van der Waals surface area contributed by atoms with Gasteiger partial charge in [0.05, 0.1) is 0 Å². The number of rotatable bonds is 8. The van der Waals surface area contributed by atoms with Crippen molar-refractivity contribution in [3.05, 3.63) is 34.2 Å². The molecule has 0 saturated heterocycles. The molecule has 0 atom stereocenters. The van der Waals surface area contributed by atoms with Crippen molar-refractivity contribution in [3.8, 4) is 0 Å². The Balaban J connectivity index is 0.00000484. The summed E-state index contributed by atoms with van der Waals surface area (Å²) < 4.78 is 1.83. The third-order valence-corrected chi connectivity index (χ3v) is 3.33. The molecule has 1 aromatic heterocycles. The van der Waals surface area contributed by atoms with Crippen LogP contribution in [0, 0.1) is 12.8 Å². The summed E-state index contributed by atoms with van der Waals surface area (Å²) in [6.45, 7) is 11.7. The Bertz CT molecular complexity index is 526. The van der Waals surface area contributed by atoms with Crippen molar-refractivity contribution in [3.63, 3.8) is 0 Å². The number of nitrogens with one attached hydrogen (secondary N) is 2. The monoisotopic (exact) mass is 434 g/mol. The van der Waals surface area contributed by atoms with Gasteiger partial charge in [0.25, 0.3) is 5.56 Å². The summed E-state index contributed by atoms with van der Waals surface area (Å²) in [7, 11) is 0. The molecule has 1 heterocycles. The second-order valence-electron chi connectivity index (χ2n) is 5.90. The van der Waals surface area contributed by atoms with Crippen LogP contribution in [0.5, 0.6) is 0 Å². The van der Waals surface area contributed by atoms with E-state index in [4.69, 9.17) is 0 Å². The lowest BCUT2D eigenvalue weighted by Gasteiger charge is -2.13. The summed E-state index contributed by atoms with van der Waals surface area (Å²) in [5.41, 5.74) is 1.10. The van der Waals surface area contributed by atoms with Crippen molar-refractivity contribution in [1.82, 2.24) is 15.2 Å². The van der Waals surface area contributed by atoms with E-state index in [-0.39, 0.29) is 29.5 Å². The van der Waals surface area contributed by atoms with Gasteiger partial charge in [-0.15, -0.1) is 24.0 Å². The summed E-state index contributed by atoms with van der Waals surface area (Å²) in [4.78, 5) is 16.3. The van der Waals surface area contributed by atoms with Crippen LogP contribution in [0.25, 0.3) is 0 Å². The number of pyridine rings is 1. The van der Waals surface area contributed by atoms with Crippen molar-refractivity contribution >= 4 is 29.9 Å². The summed E-state index contributed by atoms with van der Waals surface area (Å²) >= 11 is 0. The SMILES string of the molecule is CCNC(=NCC(C)C)NCCCCn1c(C)cccc1=O.I. The summed E-state index contributed by atoms with van der Waals surface area (Å²) in [5.74, 6) is 1.44. The average molecular weight is 434 g/mol. The Kier molecular flexibility index (Phi) is 11.8. The van der Waals surface area contributed by atoms with Gasteiger partial charge in [-0.25, -0.2) is 0 Å². The molecular formula is C17H31IN4O. The van der Waals surface area contributed by atoms with E-state index >= 15 is 0 Å². The Morgan fingerprint density at radius 2 is 2.00 bits per heavy atom. The molecule has 0 saturated carbocycles. The zero-order valence-electron chi connectivity index (χ0n) is 14.8. The van der Waals surface area contributed by atoms with Crippen molar-refractivity contribution in [2.75, 3.05) is 19.6 Å². The molecule has 0 aliphatic heterocycles. The highest BCUT2D eigenvalue weighted by Gasteiger charge is 2.00. The Labute approximate surface area is 157 Å². The van der Waals surface area contributed by atoms with E-state index in [0.29, 0.717) is 5.92 Å². The van der Waals surface area contributed by atoms with Crippen LogP contribution >= 0.6 is 24.0 Å². The molecule has 1 rings (SSSR count). The Morgan fingerprint density at radius 1 is 1.26 bits per heavy atom. The van der Waals surface area contributed by atoms with E-state index in [2.05, 4.69) is 36.4 Å². The lowest BCUT2D eigenvalue weighted by molar-refractivity contribution is 0.574. The predicted molar refractivity (Wildman–Crippen MR) is 109 cm³/mol. The molecule has 1 aromatic rings. The third kappa shape index (κ3) is 8.98. The highest BCUT2D eigenvalue weighted by molar-refractivity contribution is 14.0. The number of guanidine groups is 1.